The average Bonchev–Trinajstić information content (AvgIpc) is 3.47. The first kappa shape index (κ1) is 19.4. The van der Waals surface area contributed by atoms with Crippen LogP contribution in [0.4, 0.5) is 0 Å². The van der Waals surface area contributed by atoms with Gasteiger partial charge in [0.2, 0.25) is 11.8 Å². The van der Waals surface area contributed by atoms with Gasteiger partial charge in [0.25, 0.3) is 0 Å². The van der Waals surface area contributed by atoms with Gasteiger partial charge in [-0.3, -0.25) is 9.59 Å². The summed E-state index contributed by atoms with van der Waals surface area (Å²) >= 11 is 0. The van der Waals surface area contributed by atoms with Crippen LogP contribution in [-0.2, 0) is 14.3 Å². The van der Waals surface area contributed by atoms with E-state index in [4.69, 9.17) is 4.74 Å². The lowest BCUT2D eigenvalue weighted by Gasteiger charge is -2.38. The minimum atomic E-state index is 0.225. The molecule has 3 rings (SSSR count). The van der Waals surface area contributed by atoms with Gasteiger partial charge >= 0.3 is 0 Å². The fourth-order valence-electron chi connectivity index (χ4n) is 4.37. The quantitative estimate of drug-likeness (QED) is 0.739. The Kier molecular flexibility index (Phi) is 6.38. The second-order valence-corrected chi connectivity index (χ2v) is 8.63. The van der Waals surface area contributed by atoms with E-state index in [1.165, 1.54) is 5.57 Å². The number of ether oxygens (including phenoxy) is 1. The van der Waals surface area contributed by atoms with E-state index in [9.17, 15) is 9.59 Å². The topological polar surface area (TPSA) is 58.6 Å². The first-order valence-electron chi connectivity index (χ1n) is 10.3. The van der Waals surface area contributed by atoms with Crippen LogP contribution in [-0.4, -0.2) is 49.6 Å². The lowest BCUT2D eigenvalue weighted by atomic mass is 9.69. The number of nitrogens with zero attached hydrogens (tertiary/aromatic N) is 1. The van der Waals surface area contributed by atoms with E-state index in [-0.39, 0.29) is 17.7 Å². The van der Waals surface area contributed by atoms with Gasteiger partial charge in [-0.15, -0.1) is 0 Å². The van der Waals surface area contributed by atoms with Crippen molar-refractivity contribution in [2.75, 3.05) is 32.8 Å². The Hall–Kier alpha value is -1.36. The van der Waals surface area contributed by atoms with Crippen molar-refractivity contribution in [3.05, 3.63) is 11.6 Å². The van der Waals surface area contributed by atoms with Gasteiger partial charge in [0.1, 0.15) is 0 Å². The zero-order chi connectivity index (χ0) is 18.7. The molecule has 146 valence electrons. The molecule has 1 saturated carbocycles. The molecule has 3 aliphatic rings. The van der Waals surface area contributed by atoms with Gasteiger partial charge < -0.3 is 15.0 Å². The smallest absolute Gasteiger partial charge is 0.223 e. The first-order valence-corrected chi connectivity index (χ1v) is 10.3. The van der Waals surface area contributed by atoms with Crippen LogP contribution in [0.15, 0.2) is 11.6 Å². The highest BCUT2D eigenvalue weighted by Gasteiger charge is 2.35. The van der Waals surface area contributed by atoms with E-state index in [1.807, 2.05) is 4.90 Å². The Morgan fingerprint density at radius 3 is 2.58 bits per heavy atom. The number of allylic oxidation sites excluding steroid dienone is 1. The van der Waals surface area contributed by atoms with Gasteiger partial charge in [-0.25, -0.2) is 0 Å². The van der Waals surface area contributed by atoms with Crippen LogP contribution in [0.5, 0.6) is 0 Å². The lowest BCUT2D eigenvalue weighted by Crippen LogP contribution is -2.42. The summed E-state index contributed by atoms with van der Waals surface area (Å²) in [6.45, 7) is 10.2. The van der Waals surface area contributed by atoms with Crippen molar-refractivity contribution in [3.63, 3.8) is 0 Å². The second kappa shape index (κ2) is 8.55. The summed E-state index contributed by atoms with van der Waals surface area (Å²) in [4.78, 5) is 26.6. The van der Waals surface area contributed by atoms with E-state index < -0.39 is 0 Å². The van der Waals surface area contributed by atoms with Crippen molar-refractivity contribution >= 4 is 11.8 Å². The van der Waals surface area contributed by atoms with Crippen molar-refractivity contribution in [1.82, 2.24) is 10.2 Å². The van der Waals surface area contributed by atoms with E-state index in [1.54, 1.807) is 0 Å². The third-order valence-electron chi connectivity index (χ3n) is 6.33. The van der Waals surface area contributed by atoms with Crippen molar-refractivity contribution in [2.45, 2.75) is 46.5 Å². The molecule has 0 aromatic rings. The zero-order valence-corrected chi connectivity index (χ0v) is 16.5. The van der Waals surface area contributed by atoms with Crippen LogP contribution < -0.4 is 5.32 Å². The molecule has 1 saturated heterocycles. The Balaban J connectivity index is 1.60. The van der Waals surface area contributed by atoms with E-state index in [0.29, 0.717) is 43.3 Å². The van der Waals surface area contributed by atoms with Gasteiger partial charge in [-0.05, 0) is 49.9 Å². The van der Waals surface area contributed by atoms with Crippen LogP contribution in [0.1, 0.15) is 46.5 Å². The summed E-state index contributed by atoms with van der Waals surface area (Å²) in [7, 11) is 0. The van der Waals surface area contributed by atoms with Crippen LogP contribution >= 0.6 is 0 Å². The second-order valence-electron chi connectivity index (χ2n) is 8.63. The maximum absolute atomic E-state index is 12.7. The molecule has 3 unspecified atom stereocenters. The standard InChI is InChI=1S/C21H34N2O3/c1-14(2)19-11-17(12-20(24)23-6-8-26-9-7-23)15(3)10-18(19)13-22-21(25)16-4-5-16/h10,14,16-19H,4-9,11-13H2,1-3H3,(H,22,25). The van der Waals surface area contributed by atoms with E-state index in [2.05, 4.69) is 32.2 Å². The van der Waals surface area contributed by atoms with Crippen molar-refractivity contribution in [1.29, 1.82) is 0 Å². The third kappa shape index (κ3) is 4.87. The maximum Gasteiger partial charge on any atom is 0.223 e. The molecule has 5 heteroatoms. The molecule has 5 nitrogen and oxygen atoms in total. The molecule has 0 aromatic heterocycles. The molecule has 1 N–H and O–H groups in total. The molecule has 1 heterocycles. The highest BCUT2D eigenvalue weighted by molar-refractivity contribution is 5.80. The molecule has 0 bridgehead atoms. The molecule has 1 aliphatic heterocycles. The van der Waals surface area contributed by atoms with Gasteiger partial charge in [-0.1, -0.05) is 25.5 Å². The molecule has 2 fully saturated rings. The number of rotatable bonds is 6. The molecule has 3 atom stereocenters. The maximum atomic E-state index is 12.7. The first-order chi connectivity index (χ1) is 12.5. The largest absolute Gasteiger partial charge is 0.378 e. The Bertz CT molecular complexity index is 547. The normalized spacial score (nSPS) is 29.5. The summed E-state index contributed by atoms with van der Waals surface area (Å²) in [5.41, 5.74) is 1.31. The third-order valence-corrected chi connectivity index (χ3v) is 6.33. The van der Waals surface area contributed by atoms with Crippen LogP contribution in [0.2, 0.25) is 0 Å². The Morgan fingerprint density at radius 1 is 1.27 bits per heavy atom. The zero-order valence-electron chi connectivity index (χ0n) is 16.5. The molecule has 0 aromatic carbocycles. The number of morpholine rings is 1. The van der Waals surface area contributed by atoms with Crippen LogP contribution in [0.3, 0.4) is 0 Å². The average molecular weight is 363 g/mol. The fourth-order valence-corrected chi connectivity index (χ4v) is 4.37. The van der Waals surface area contributed by atoms with E-state index in [0.717, 1.165) is 38.9 Å². The number of carbonyl (C=O) groups excluding carboxylic acids is 2. The molecular formula is C21H34N2O3. The van der Waals surface area contributed by atoms with Gasteiger partial charge in [0, 0.05) is 32.0 Å². The molecule has 2 aliphatic carbocycles. The minimum Gasteiger partial charge on any atom is -0.378 e. The number of amides is 2. The minimum absolute atomic E-state index is 0.225. The molecule has 2 amide bonds. The monoisotopic (exact) mass is 362 g/mol. The summed E-state index contributed by atoms with van der Waals surface area (Å²) in [5.74, 6) is 2.52. The van der Waals surface area contributed by atoms with E-state index >= 15 is 0 Å². The number of hydrogen-bond donors (Lipinski definition) is 1. The highest BCUT2D eigenvalue weighted by Crippen LogP contribution is 2.39. The number of hydrogen-bond acceptors (Lipinski definition) is 3. The Labute approximate surface area is 157 Å². The van der Waals surface area contributed by atoms with Gasteiger partial charge in [0.15, 0.2) is 0 Å². The number of carbonyl (C=O) groups is 2. The summed E-state index contributed by atoms with van der Waals surface area (Å²) < 4.78 is 5.35. The molecule has 26 heavy (non-hydrogen) atoms. The van der Waals surface area contributed by atoms with Crippen LogP contribution in [0.25, 0.3) is 0 Å². The van der Waals surface area contributed by atoms with Gasteiger partial charge in [-0.2, -0.15) is 0 Å². The Morgan fingerprint density at radius 2 is 1.96 bits per heavy atom. The molecule has 0 spiro atoms. The van der Waals surface area contributed by atoms with Crippen molar-refractivity contribution < 1.29 is 14.3 Å². The summed E-state index contributed by atoms with van der Waals surface area (Å²) in [5, 5.41) is 3.15. The predicted octanol–water partition coefficient (Wildman–Crippen LogP) is 2.62. The van der Waals surface area contributed by atoms with Gasteiger partial charge in [0.05, 0.1) is 13.2 Å². The molecule has 0 radical (unpaired) electrons. The summed E-state index contributed by atoms with van der Waals surface area (Å²) in [6, 6.07) is 0. The van der Waals surface area contributed by atoms with Crippen molar-refractivity contribution in [2.24, 2.45) is 29.6 Å². The summed E-state index contributed by atoms with van der Waals surface area (Å²) in [6.07, 6.45) is 6.07. The fraction of sp³-hybridized carbons (Fsp3) is 0.810. The predicted molar refractivity (Wildman–Crippen MR) is 101 cm³/mol. The van der Waals surface area contributed by atoms with Crippen LogP contribution in [0, 0.1) is 29.6 Å². The van der Waals surface area contributed by atoms with Crippen molar-refractivity contribution in [3.8, 4) is 0 Å². The SMILES string of the molecule is CC1=CC(CNC(=O)C2CC2)C(C(C)C)CC1CC(=O)N1CCOCC1. The molecular weight excluding hydrogens is 328 g/mol. The number of nitrogens with one attached hydrogen (secondary N) is 1. The highest BCUT2D eigenvalue weighted by atomic mass is 16.5. The lowest BCUT2D eigenvalue weighted by molar-refractivity contribution is -0.136.